The van der Waals surface area contributed by atoms with Crippen molar-refractivity contribution in [2.45, 2.75) is 46.1 Å². The predicted molar refractivity (Wildman–Crippen MR) is 97.6 cm³/mol. The Morgan fingerprint density at radius 2 is 2.04 bits per heavy atom. The van der Waals surface area contributed by atoms with Crippen LogP contribution in [-0.2, 0) is 13.0 Å². The number of hydrogen-bond donors (Lipinski definition) is 0. The second-order valence-electron chi connectivity index (χ2n) is 5.57. The van der Waals surface area contributed by atoms with Gasteiger partial charge in [-0.1, -0.05) is 56.0 Å². The number of aryl methyl sites for hydroxylation is 1. The highest BCUT2D eigenvalue weighted by molar-refractivity contribution is 6.32. The molecule has 0 amide bonds. The molecule has 1 aromatic heterocycles. The fourth-order valence-corrected chi connectivity index (χ4v) is 2.97. The van der Waals surface area contributed by atoms with E-state index in [1.165, 1.54) is 0 Å². The van der Waals surface area contributed by atoms with Crippen molar-refractivity contribution in [1.29, 1.82) is 0 Å². The number of unbranched alkanes of at least 4 members (excludes halogenated alkanes) is 2. The smallest absolute Gasteiger partial charge is 0.169 e. The van der Waals surface area contributed by atoms with Gasteiger partial charge in [-0.3, -0.25) is 4.79 Å². The first kappa shape index (κ1) is 18.8. The van der Waals surface area contributed by atoms with Gasteiger partial charge in [0.05, 0.1) is 13.2 Å². The van der Waals surface area contributed by atoms with Crippen LogP contribution < -0.4 is 4.74 Å². The Morgan fingerprint density at radius 1 is 1.25 bits per heavy atom. The molecule has 2 aromatic rings. The van der Waals surface area contributed by atoms with Gasteiger partial charge in [-0.15, -0.1) is 0 Å². The van der Waals surface area contributed by atoms with Crippen LogP contribution in [0.15, 0.2) is 18.2 Å². The number of nitrogens with zero attached hydrogens (tertiary/aromatic N) is 2. The van der Waals surface area contributed by atoms with Crippen molar-refractivity contribution >= 4 is 29.5 Å². The van der Waals surface area contributed by atoms with Crippen molar-refractivity contribution in [3.05, 3.63) is 45.5 Å². The normalized spacial score (nSPS) is 10.8. The molecule has 0 bridgehead atoms. The van der Waals surface area contributed by atoms with Gasteiger partial charge in [0.25, 0.3) is 0 Å². The van der Waals surface area contributed by atoms with Crippen LogP contribution >= 0.6 is 23.2 Å². The van der Waals surface area contributed by atoms with Crippen molar-refractivity contribution in [2.24, 2.45) is 0 Å². The molecule has 1 heterocycles. The lowest BCUT2D eigenvalue weighted by Gasteiger charge is -2.12. The van der Waals surface area contributed by atoms with Crippen LogP contribution in [0.2, 0.25) is 10.2 Å². The Kier molecular flexibility index (Phi) is 7.13. The van der Waals surface area contributed by atoms with Gasteiger partial charge in [0.2, 0.25) is 0 Å². The molecule has 24 heavy (non-hydrogen) atoms. The summed E-state index contributed by atoms with van der Waals surface area (Å²) in [6, 6.07) is 5.63. The van der Waals surface area contributed by atoms with Crippen LogP contribution in [0, 0.1) is 0 Å². The first-order valence-electron chi connectivity index (χ1n) is 8.22. The molecule has 0 N–H and O–H groups in total. The van der Waals surface area contributed by atoms with Crippen LogP contribution in [0.4, 0.5) is 0 Å². The van der Waals surface area contributed by atoms with Crippen molar-refractivity contribution in [3.8, 4) is 5.75 Å². The number of benzene rings is 1. The lowest BCUT2D eigenvalue weighted by atomic mass is 10.2. The summed E-state index contributed by atoms with van der Waals surface area (Å²) in [6.45, 7) is 5.27. The molecule has 0 atom stereocenters. The average molecular weight is 369 g/mol. The standard InChI is InChI=1S/C18H22Cl2N2O2/c1-3-5-6-9-24-14-8-7-13(15(19)10-14)11-22-16(12-23)18(20)21-17(22)4-2/h7-8,10,12H,3-6,9,11H2,1-2H3. The summed E-state index contributed by atoms with van der Waals surface area (Å²) in [7, 11) is 0. The molecule has 4 nitrogen and oxygen atoms in total. The van der Waals surface area contributed by atoms with Crippen LogP contribution in [0.3, 0.4) is 0 Å². The highest BCUT2D eigenvalue weighted by atomic mass is 35.5. The van der Waals surface area contributed by atoms with Crippen molar-refractivity contribution in [1.82, 2.24) is 9.55 Å². The second-order valence-corrected chi connectivity index (χ2v) is 6.34. The number of hydrogen-bond acceptors (Lipinski definition) is 3. The highest BCUT2D eigenvalue weighted by Crippen LogP contribution is 2.26. The molecule has 130 valence electrons. The third-order valence-corrected chi connectivity index (χ3v) is 4.47. The van der Waals surface area contributed by atoms with E-state index in [1.807, 2.05) is 25.1 Å². The summed E-state index contributed by atoms with van der Waals surface area (Å²) < 4.78 is 7.51. The third-order valence-electron chi connectivity index (χ3n) is 3.84. The zero-order chi connectivity index (χ0) is 17.5. The Hall–Kier alpha value is -1.52. The summed E-state index contributed by atoms with van der Waals surface area (Å²) in [5.41, 5.74) is 1.27. The lowest BCUT2D eigenvalue weighted by molar-refractivity contribution is 0.111. The molecule has 0 radical (unpaired) electrons. The molecule has 2 rings (SSSR count). The predicted octanol–water partition coefficient (Wildman–Crippen LogP) is 5.18. The van der Waals surface area contributed by atoms with E-state index in [4.69, 9.17) is 27.9 Å². The minimum Gasteiger partial charge on any atom is -0.494 e. The molecular weight excluding hydrogens is 347 g/mol. The molecule has 6 heteroatoms. The van der Waals surface area contributed by atoms with Gasteiger partial charge >= 0.3 is 0 Å². The molecule has 0 saturated carbocycles. The van der Waals surface area contributed by atoms with E-state index in [2.05, 4.69) is 11.9 Å². The number of halogens is 2. The fraction of sp³-hybridized carbons (Fsp3) is 0.444. The Bertz CT molecular complexity index is 699. The molecule has 0 saturated heterocycles. The summed E-state index contributed by atoms with van der Waals surface area (Å²) in [6.07, 6.45) is 4.76. The number of ether oxygens (including phenoxy) is 1. The number of rotatable bonds is 9. The average Bonchev–Trinajstić information content (AvgIpc) is 2.88. The molecule has 1 aromatic carbocycles. The molecule has 0 aliphatic rings. The first-order valence-corrected chi connectivity index (χ1v) is 8.97. The van der Waals surface area contributed by atoms with E-state index in [0.717, 1.165) is 42.7 Å². The first-order chi connectivity index (χ1) is 11.6. The van der Waals surface area contributed by atoms with Crippen molar-refractivity contribution < 1.29 is 9.53 Å². The van der Waals surface area contributed by atoms with Gasteiger partial charge in [0, 0.05) is 11.4 Å². The van der Waals surface area contributed by atoms with E-state index in [1.54, 1.807) is 4.57 Å². The molecule has 0 fully saturated rings. The van der Waals surface area contributed by atoms with Gasteiger partial charge in [-0.25, -0.2) is 4.98 Å². The SMILES string of the molecule is CCCCCOc1ccc(Cn2c(CC)nc(Cl)c2C=O)c(Cl)c1. The van der Waals surface area contributed by atoms with Crippen molar-refractivity contribution in [3.63, 3.8) is 0 Å². The van der Waals surface area contributed by atoms with E-state index in [9.17, 15) is 4.79 Å². The molecule has 0 unspecified atom stereocenters. The number of imidazole rings is 1. The maximum absolute atomic E-state index is 11.3. The fourth-order valence-electron chi connectivity index (χ4n) is 2.50. The maximum Gasteiger partial charge on any atom is 0.169 e. The van der Waals surface area contributed by atoms with E-state index >= 15 is 0 Å². The monoisotopic (exact) mass is 368 g/mol. The zero-order valence-electron chi connectivity index (χ0n) is 14.0. The largest absolute Gasteiger partial charge is 0.494 e. The summed E-state index contributed by atoms with van der Waals surface area (Å²) in [5.74, 6) is 1.52. The van der Waals surface area contributed by atoms with Gasteiger partial charge in [0.15, 0.2) is 11.4 Å². The van der Waals surface area contributed by atoms with Crippen LogP contribution in [0.1, 0.15) is 55.0 Å². The number of carbonyl (C=O) groups is 1. The van der Waals surface area contributed by atoms with Crippen LogP contribution in [-0.4, -0.2) is 22.4 Å². The van der Waals surface area contributed by atoms with Crippen LogP contribution in [0.5, 0.6) is 5.75 Å². The van der Waals surface area contributed by atoms with Crippen molar-refractivity contribution in [2.75, 3.05) is 6.61 Å². The number of aromatic nitrogens is 2. The molecule has 0 aliphatic heterocycles. The topological polar surface area (TPSA) is 44.1 Å². The summed E-state index contributed by atoms with van der Waals surface area (Å²) >= 11 is 12.4. The number of carbonyl (C=O) groups excluding carboxylic acids is 1. The van der Waals surface area contributed by atoms with Gasteiger partial charge in [-0.2, -0.15) is 0 Å². The third kappa shape index (κ3) is 4.52. The maximum atomic E-state index is 11.3. The highest BCUT2D eigenvalue weighted by Gasteiger charge is 2.15. The molecular formula is C18H22Cl2N2O2. The second kappa shape index (κ2) is 9.09. The van der Waals surface area contributed by atoms with E-state index < -0.39 is 0 Å². The zero-order valence-corrected chi connectivity index (χ0v) is 15.5. The summed E-state index contributed by atoms with van der Waals surface area (Å²) in [5, 5.41) is 0.834. The Balaban J connectivity index is 2.15. The van der Waals surface area contributed by atoms with Gasteiger partial charge in [-0.05, 0) is 24.1 Å². The van der Waals surface area contributed by atoms with Gasteiger partial charge in [0.1, 0.15) is 17.3 Å². The molecule has 0 spiro atoms. The van der Waals surface area contributed by atoms with E-state index in [0.29, 0.717) is 30.3 Å². The Morgan fingerprint density at radius 3 is 2.67 bits per heavy atom. The Labute approximate surface area is 152 Å². The lowest BCUT2D eigenvalue weighted by Crippen LogP contribution is -2.08. The minimum absolute atomic E-state index is 0.230. The molecule has 0 aliphatic carbocycles. The van der Waals surface area contributed by atoms with E-state index in [-0.39, 0.29) is 5.15 Å². The van der Waals surface area contributed by atoms with Crippen LogP contribution in [0.25, 0.3) is 0 Å². The minimum atomic E-state index is 0.230. The number of aldehydes is 1. The van der Waals surface area contributed by atoms with Gasteiger partial charge < -0.3 is 9.30 Å². The quantitative estimate of drug-likeness (QED) is 0.452. The summed E-state index contributed by atoms with van der Waals surface area (Å²) in [4.78, 5) is 15.5.